The normalized spacial score (nSPS) is 15.8. The Hall–Kier alpha value is -3.16. The maximum Gasteiger partial charge on any atom is 0.141 e. The Balaban J connectivity index is 1.65. The fraction of sp³-hybridized carbons (Fsp3) is 0.217. The highest BCUT2D eigenvalue weighted by Gasteiger charge is 2.31. The zero-order chi connectivity index (χ0) is 20.7. The predicted molar refractivity (Wildman–Crippen MR) is 118 cm³/mol. The van der Waals surface area contributed by atoms with Crippen molar-refractivity contribution in [2.24, 2.45) is 0 Å². The molecule has 2 aromatic carbocycles. The van der Waals surface area contributed by atoms with Crippen molar-refractivity contribution in [1.29, 1.82) is 0 Å². The summed E-state index contributed by atoms with van der Waals surface area (Å²) in [5.41, 5.74) is 3.92. The van der Waals surface area contributed by atoms with Crippen molar-refractivity contribution in [1.82, 2.24) is 9.97 Å². The molecule has 7 heteroatoms. The van der Waals surface area contributed by atoms with Crippen LogP contribution in [0.15, 0.2) is 54.2 Å². The highest BCUT2D eigenvalue weighted by molar-refractivity contribution is 7.17. The second-order valence-corrected chi connectivity index (χ2v) is 8.01. The summed E-state index contributed by atoms with van der Waals surface area (Å²) in [6, 6.07) is 14.0. The third-order valence-electron chi connectivity index (χ3n) is 5.52. The van der Waals surface area contributed by atoms with Gasteiger partial charge in [-0.15, -0.1) is 11.3 Å². The lowest BCUT2D eigenvalue weighted by molar-refractivity contribution is 0.169. The Morgan fingerprint density at radius 3 is 2.57 bits per heavy atom. The lowest BCUT2D eigenvalue weighted by Crippen LogP contribution is -2.35. The highest BCUT2D eigenvalue weighted by Crippen LogP contribution is 2.43. The van der Waals surface area contributed by atoms with Gasteiger partial charge in [-0.3, -0.25) is 0 Å². The summed E-state index contributed by atoms with van der Waals surface area (Å²) in [6.45, 7) is 0.968. The first-order valence-corrected chi connectivity index (χ1v) is 10.5. The number of hydrogen-bond donors (Lipinski definition) is 1. The van der Waals surface area contributed by atoms with Gasteiger partial charge in [-0.2, -0.15) is 0 Å². The number of hydrogen-bond acceptors (Lipinski definition) is 7. The number of anilines is 1. The maximum atomic E-state index is 11.0. The summed E-state index contributed by atoms with van der Waals surface area (Å²) in [4.78, 5) is 12.1. The number of β-amino-alcohol motifs (C(OH)–C–C–N with tert-alkyl or cyclic N) is 1. The van der Waals surface area contributed by atoms with Crippen molar-refractivity contribution < 1.29 is 14.6 Å². The zero-order valence-electron chi connectivity index (χ0n) is 16.7. The lowest BCUT2D eigenvalue weighted by atomic mass is 9.94. The van der Waals surface area contributed by atoms with Crippen LogP contribution in [0.2, 0.25) is 0 Å². The van der Waals surface area contributed by atoms with Crippen LogP contribution in [0.4, 0.5) is 5.82 Å². The molecular weight excluding hydrogens is 398 g/mol. The fourth-order valence-electron chi connectivity index (χ4n) is 4.17. The second kappa shape index (κ2) is 7.59. The molecule has 0 amide bonds. The number of benzene rings is 2. The number of rotatable bonds is 4. The molecule has 4 aromatic rings. The maximum absolute atomic E-state index is 11.0. The van der Waals surface area contributed by atoms with Crippen molar-refractivity contribution in [2.45, 2.75) is 12.6 Å². The molecule has 1 aliphatic heterocycles. The first-order valence-electron chi connectivity index (χ1n) is 9.65. The van der Waals surface area contributed by atoms with Crippen LogP contribution in [0.25, 0.3) is 21.3 Å². The molecule has 0 saturated heterocycles. The Kier molecular flexibility index (Phi) is 4.77. The zero-order valence-corrected chi connectivity index (χ0v) is 17.5. The average Bonchev–Trinajstić information content (AvgIpc) is 3.23. The second-order valence-electron chi connectivity index (χ2n) is 7.15. The molecule has 1 atom stereocenters. The van der Waals surface area contributed by atoms with Gasteiger partial charge in [0.25, 0.3) is 0 Å². The first-order chi connectivity index (χ1) is 14.7. The first kappa shape index (κ1) is 18.8. The van der Waals surface area contributed by atoms with Gasteiger partial charge in [0.2, 0.25) is 0 Å². The minimum absolute atomic E-state index is 0.409. The molecule has 0 fully saturated rings. The van der Waals surface area contributed by atoms with E-state index in [0.29, 0.717) is 18.8 Å². The van der Waals surface area contributed by atoms with Gasteiger partial charge >= 0.3 is 0 Å². The van der Waals surface area contributed by atoms with Crippen LogP contribution in [0.3, 0.4) is 0 Å². The number of methoxy groups -OCH3 is 2. The van der Waals surface area contributed by atoms with Gasteiger partial charge in [-0.25, -0.2) is 9.97 Å². The molecule has 1 aliphatic rings. The Labute approximate surface area is 178 Å². The van der Waals surface area contributed by atoms with Crippen molar-refractivity contribution in [3.8, 4) is 22.6 Å². The molecule has 6 nitrogen and oxygen atoms in total. The summed E-state index contributed by atoms with van der Waals surface area (Å²) < 4.78 is 11.1. The summed E-state index contributed by atoms with van der Waals surface area (Å²) in [7, 11) is 3.26. The van der Waals surface area contributed by atoms with Crippen molar-refractivity contribution in [2.75, 3.05) is 25.7 Å². The van der Waals surface area contributed by atoms with Crippen LogP contribution in [0.5, 0.6) is 11.5 Å². The number of nitrogens with zero attached hydrogens (tertiary/aromatic N) is 3. The van der Waals surface area contributed by atoms with E-state index in [0.717, 1.165) is 44.0 Å². The third-order valence-corrected chi connectivity index (χ3v) is 6.41. The molecule has 0 bridgehead atoms. The topological polar surface area (TPSA) is 67.7 Å². The fourth-order valence-corrected chi connectivity index (χ4v) is 5.08. The van der Waals surface area contributed by atoms with E-state index in [-0.39, 0.29) is 0 Å². The summed E-state index contributed by atoms with van der Waals surface area (Å²) in [5.74, 6) is 2.22. The van der Waals surface area contributed by atoms with E-state index in [1.54, 1.807) is 31.9 Å². The quantitative estimate of drug-likeness (QED) is 0.528. The Morgan fingerprint density at radius 2 is 1.80 bits per heavy atom. The standard InChI is InChI=1S/C23H21N3O3S/c1-28-18-8-9-19(29-2)20-15(18)10-26(11-17(20)27)22-21-16(14-6-4-3-5-7-14)12-30-23(21)25-13-24-22/h3-9,12-13,17,27H,10-11H2,1-2H3/t17-/m1/s1. The van der Waals surface area contributed by atoms with E-state index in [1.807, 2.05) is 30.3 Å². The minimum atomic E-state index is -0.720. The molecule has 0 aliphatic carbocycles. The Morgan fingerprint density at radius 1 is 1.03 bits per heavy atom. The average molecular weight is 420 g/mol. The SMILES string of the molecule is COc1ccc(OC)c2c1CN(c1ncnc3scc(-c4ccccc4)c13)C[C@H]2O. The van der Waals surface area contributed by atoms with Gasteiger partial charge in [0, 0.05) is 28.6 Å². The van der Waals surface area contributed by atoms with E-state index in [2.05, 4.69) is 32.4 Å². The number of ether oxygens (including phenoxy) is 2. The molecule has 1 N–H and O–H groups in total. The minimum Gasteiger partial charge on any atom is -0.496 e. The van der Waals surface area contributed by atoms with Gasteiger partial charge in [0.15, 0.2) is 0 Å². The molecule has 30 heavy (non-hydrogen) atoms. The number of thiophene rings is 1. The van der Waals surface area contributed by atoms with Crippen LogP contribution in [-0.2, 0) is 6.54 Å². The molecule has 0 radical (unpaired) electrons. The number of aromatic nitrogens is 2. The van der Waals surface area contributed by atoms with E-state index in [4.69, 9.17) is 9.47 Å². The van der Waals surface area contributed by atoms with Gasteiger partial charge in [-0.1, -0.05) is 30.3 Å². The van der Waals surface area contributed by atoms with E-state index >= 15 is 0 Å². The number of aliphatic hydroxyl groups excluding tert-OH is 1. The smallest absolute Gasteiger partial charge is 0.141 e. The molecule has 0 unspecified atom stereocenters. The molecule has 0 spiro atoms. The van der Waals surface area contributed by atoms with Crippen LogP contribution < -0.4 is 14.4 Å². The largest absolute Gasteiger partial charge is 0.496 e. The molecule has 152 valence electrons. The molecule has 3 heterocycles. The molecule has 0 saturated carbocycles. The summed E-state index contributed by atoms with van der Waals surface area (Å²) in [6.07, 6.45) is 0.871. The van der Waals surface area contributed by atoms with Crippen LogP contribution in [-0.4, -0.2) is 35.8 Å². The number of aliphatic hydroxyl groups is 1. The summed E-state index contributed by atoms with van der Waals surface area (Å²) in [5, 5.41) is 14.1. The summed E-state index contributed by atoms with van der Waals surface area (Å²) >= 11 is 1.60. The van der Waals surface area contributed by atoms with E-state index in [1.165, 1.54) is 0 Å². The van der Waals surface area contributed by atoms with Gasteiger partial charge in [0.1, 0.15) is 34.6 Å². The van der Waals surface area contributed by atoms with Gasteiger partial charge in [0.05, 0.1) is 26.2 Å². The van der Waals surface area contributed by atoms with Crippen LogP contribution in [0.1, 0.15) is 17.2 Å². The van der Waals surface area contributed by atoms with Crippen molar-refractivity contribution in [3.63, 3.8) is 0 Å². The predicted octanol–water partition coefficient (Wildman–Crippen LogP) is 4.43. The highest BCUT2D eigenvalue weighted by atomic mass is 32.1. The van der Waals surface area contributed by atoms with Crippen LogP contribution >= 0.6 is 11.3 Å². The lowest BCUT2D eigenvalue weighted by Gasteiger charge is -2.35. The number of fused-ring (bicyclic) bond motifs is 2. The van der Waals surface area contributed by atoms with E-state index in [9.17, 15) is 5.11 Å². The van der Waals surface area contributed by atoms with Gasteiger partial charge in [-0.05, 0) is 17.7 Å². The Bertz CT molecular complexity index is 1210. The molecule has 5 rings (SSSR count). The van der Waals surface area contributed by atoms with Crippen molar-refractivity contribution >= 4 is 27.4 Å². The van der Waals surface area contributed by atoms with Crippen LogP contribution in [0, 0.1) is 0 Å². The third kappa shape index (κ3) is 2.98. The molecule has 2 aromatic heterocycles. The monoisotopic (exact) mass is 419 g/mol. The van der Waals surface area contributed by atoms with Crippen molar-refractivity contribution in [3.05, 3.63) is 65.3 Å². The molecular formula is C23H21N3O3S. The van der Waals surface area contributed by atoms with Gasteiger partial charge < -0.3 is 19.5 Å². The van der Waals surface area contributed by atoms with E-state index < -0.39 is 6.10 Å².